The molecule has 1 atom stereocenters. The minimum absolute atomic E-state index is 0.0918. The summed E-state index contributed by atoms with van der Waals surface area (Å²) < 4.78 is 44.8. The number of carbonyl (C=O) groups is 2. The van der Waals surface area contributed by atoms with E-state index in [0.717, 1.165) is 22.9 Å². The molecule has 1 heterocycles. The van der Waals surface area contributed by atoms with Crippen LogP contribution in [-0.2, 0) is 22.3 Å². The zero-order valence-electron chi connectivity index (χ0n) is 16.6. The summed E-state index contributed by atoms with van der Waals surface area (Å²) in [7, 11) is 0. The summed E-state index contributed by atoms with van der Waals surface area (Å²) in [6, 6.07) is 10.4. The number of fused-ring (bicyclic) bond motifs is 1. The lowest BCUT2D eigenvalue weighted by molar-refractivity contribution is -0.137. The summed E-state index contributed by atoms with van der Waals surface area (Å²) in [5, 5.41) is 6.86. The van der Waals surface area contributed by atoms with E-state index in [4.69, 9.17) is 4.74 Å². The summed E-state index contributed by atoms with van der Waals surface area (Å²) in [4.78, 5) is 37.4. The van der Waals surface area contributed by atoms with Crippen molar-refractivity contribution in [3.63, 3.8) is 0 Å². The molecule has 31 heavy (non-hydrogen) atoms. The highest BCUT2D eigenvalue weighted by molar-refractivity contribution is 6.03. The molecule has 1 unspecified atom stereocenters. The van der Waals surface area contributed by atoms with Gasteiger partial charge in [-0.2, -0.15) is 18.3 Å². The van der Waals surface area contributed by atoms with Gasteiger partial charge in [0.1, 0.15) is 0 Å². The Morgan fingerprint density at radius 1 is 1.13 bits per heavy atom. The van der Waals surface area contributed by atoms with Crippen molar-refractivity contribution in [2.45, 2.75) is 32.7 Å². The van der Waals surface area contributed by atoms with Crippen LogP contribution in [-0.4, -0.2) is 27.8 Å². The number of ether oxygens (including phenoxy) is 1. The van der Waals surface area contributed by atoms with E-state index >= 15 is 0 Å². The zero-order chi connectivity index (χ0) is 22.8. The van der Waals surface area contributed by atoms with Gasteiger partial charge in [-0.05, 0) is 38.1 Å². The quantitative estimate of drug-likeness (QED) is 0.621. The van der Waals surface area contributed by atoms with Crippen LogP contribution in [0.3, 0.4) is 0 Å². The Balaban J connectivity index is 1.80. The Morgan fingerprint density at radius 3 is 2.45 bits per heavy atom. The number of nitrogens with zero attached hydrogens (tertiary/aromatic N) is 2. The minimum atomic E-state index is -4.56. The number of esters is 1. The third-order valence-electron chi connectivity index (χ3n) is 4.47. The molecule has 2 aromatic carbocycles. The van der Waals surface area contributed by atoms with Crippen molar-refractivity contribution in [3.05, 3.63) is 70.1 Å². The number of aryl methyl sites for hydroxylation is 1. The maximum absolute atomic E-state index is 12.8. The fourth-order valence-corrected chi connectivity index (χ4v) is 2.89. The summed E-state index contributed by atoms with van der Waals surface area (Å²) in [6.45, 7) is 3.18. The molecule has 162 valence electrons. The molecule has 0 aliphatic carbocycles. The molecule has 0 radical (unpaired) electrons. The van der Waals surface area contributed by atoms with Crippen molar-refractivity contribution < 1.29 is 27.5 Å². The molecule has 0 aliphatic heterocycles. The SMILES string of the molecule is CCn1nc(C(=O)OC(C)C(=O)Nc2cccc(C(F)(F)F)c2)c2ccccc2c1=O. The number of benzene rings is 2. The standard InChI is InChI=1S/C21H18F3N3O4/c1-3-27-19(29)16-10-5-4-9-15(16)17(26-27)20(30)31-12(2)18(28)25-14-8-6-7-13(11-14)21(22,23)24/h4-12H,3H2,1-2H3,(H,25,28). The lowest BCUT2D eigenvalue weighted by Gasteiger charge is -2.15. The maximum Gasteiger partial charge on any atom is 0.416 e. The number of aromatic nitrogens is 2. The number of hydrogen-bond donors (Lipinski definition) is 1. The van der Waals surface area contributed by atoms with E-state index in [-0.39, 0.29) is 34.3 Å². The van der Waals surface area contributed by atoms with Crippen molar-refractivity contribution in [3.8, 4) is 0 Å². The lowest BCUT2D eigenvalue weighted by atomic mass is 10.1. The molecule has 1 N–H and O–H groups in total. The van der Waals surface area contributed by atoms with Crippen LogP contribution in [0.5, 0.6) is 0 Å². The van der Waals surface area contributed by atoms with Crippen LogP contribution in [0.15, 0.2) is 53.3 Å². The second kappa shape index (κ2) is 8.58. The van der Waals surface area contributed by atoms with Crippen LogP contribution in [0.4, 0.5) is 18.9 Å². The molecule has 7 nitrogen and oxygen atoms in total. The zero-order valence-corrected chi connectivity index (χ0v) is 16.6. The van der Waals surface area contributed by atoms with Gasteiger partial charge in [-0.15, -0.1) is 0 Å². The average molecular weight is 433 g/mol. The van der Waals surface area contributed by atoms with Crippen molar-refractivity contribution in [1.82, 2.24) is 9.78 Å². The van der Waals surface area contributed by atoms with E-state index in [2.05, 4.69) is 10.4 Å². The first-order valence-electron chi connectivity index (χ1n) is 9.30. The Hall–Kier alpha value is -3.69. The molecular weight excluding hydrogens is 415 g/mol. The number of nitrogens with one attached hydrogen (secondary N) is 1. The number of alkyl halides is 3. The Labute approximate surface area is 174 Å². The van der Waals surface area contributed by atoms with Crippen LogP contribution in [0.25, 0.3) is 10.8 Å². The predicted octanol–water partition coefficient (Wildman–Crippen LogP) is 3.62. The third kappa shape index (κ3) is 4.73. The highest BCUT2D eigenvalue weighted by Gasteiger charge is 2.31. The first-order valence-corrected chi connectivity index (χ1v) is 9.30. The molecule has 0 fully saturated rings. The van der Waals surface area contributed by atoms with Gasteiger partial charge in [-0.25, -0.2) is 9.48 Å². The molecular formula is C21H18F3N3O4. The van der Waals surface area contributed by atoms with Gasteiger partial charge in [0.05, 0.1) is 10.9 Å². The van der Waals surface area contributed by atoms with Gasteiger partial charge in [-0.3, -0.25) is 9.59 Å². The van der Waals surface area contributed by atoms with Gasteiger partial charge in [-0.1, -0.05) is 24.3 Å². The molecule has 10 heteroatoms. The topological polar surface area (TPSA) is 90.3 Å². The van der Waals surface area contributed by atoms with Gasteiger partial charge in [0, 0.05) is 17.6 Å². The third-order valence-corrected chi connectivity index (χ3v) is 4.47. The highest BCUT2D eigenvalue weighted by atomic mass is 19.4. The van der Waals surface area contributed by atoms with Crippen LogP contribution in [0.2, 0.25) is 0 Å². The second-order valence-electron chi connectivity index (χ2n) is 6.63. The minimum Gasteiger partial charge on any atom is -0.448 e. The lowest BCUT2D eigenvalue weighted by Crippen LogP contribution is -2.32. The van der Waals surface area contributed by atoms with Gasteiger partial charge < -0.3 is 10.1 Å². The first-order chi connectivity index (χ1) is 14.6. The molecule has 0 saturated carbocycles. The van der Waals surface area contributed by atoms with Crippen LogP contribution in [0.1, 0.15) is 29.9 Å². The Morgan fingerprint density at radius 2 is 1.81 bits per heavy atom. The molecule has 3 aromatic rings. The van der Waals surface area contributed by atoms with Crippen molar-refractivity contribution in [2.75, 3.05) is 5.32 Å². The highest BCUT2D eigenvalue weighted by Crippen LogP contribution is 2.30. The smallest absolute Gasteiger partial charge is 0.416 e. The fraction of sp³-hybridized carbons (Fsp3) is 0.238. The molecule has 0 bridgehead atoms. The molecule has 0 aliphatic rings. The number of halogens is 3. The first kappa shape index (κ1) is 22.0. The molecule has 3 rings (SSSR count). The largest absolute Gasteiger partial charge is 0.448 e. The van der Waals surface area contributed by atoms with Crippen LogP contribution < -0.4 is 10.9 Å². The van der Waals surface area contributed by atoms with Crippen LogP contribution in [0, 0.1) is 0 Å². The summed E-state index contributed by atoms with van der Waals surface area (Å²) in [5.74, 6) is -1.76. The van der Waals surface area contributed by atoms with E-state index in [1.54, 1.807) is 25.1 Å². The van der Waals surface area contributed by atoms with Gasteiger partial charge in [0.2, 0.25) is 0 Å². The number of anilines is 1. The molecule has 0 spiro atoms. The van der Waals surface area contributed by atoms with E-state index in [9.17, 15) is 27.6 Å². The maximum atomic E-state index is 12.8. The van der Waals surface area contributed by atoms with E-state index in [1.165, 1.54) is 19.1 Å². The second-order valence-corrected chi connectivity index (χ2v) is 6.63. The van der Waals surface area contributed by atoms with Gasteiger partial charge in [0.25, 0.3) is 11.5 Å². The number of amides is 1. The fourth-order valence-electron chi connectivity index (χ4n) is 2.89. The van der Waals surface area contributed by atoms with E-state index < -0.39 is 29.7 Å². The molecule has 1 amide bonds. The molecule has 1 aromatic heterocycles. The summed E-state index contributed by atoms with van der Waals surface area (Å²) in [6.07, 6.45) is -5.89. The normalized spacial score (nSPS) is 12.4. The number of rotatable bonds is 5. The predicted molar refractivity (Wildman–Crippen MR) is 107 cm³/mol. The molecule has 0 saturated heterocycles. The summed E-state index contributed by atoms with van der Waals surface area (Å²) in [5.41, 5.74) is -1.53. The monoisotopic (exact) mass is 433 g/mol. The number of hydrogen-bond acceptors (Lipinski definition) is 5. The Kier molecular flexibility index (Phi) is 6.09. The van der Waals surface area contributed by atoms with E-state index in [1.807, 2.05) is 0 Å². The van der Waals surface area contributed by atoms with Crippen molar-refractivity contribution in [1.29, 1.82) is 0 Å². The summed E-state index contributed by atoms with van der Waals surface area (Å²) >= 11 is 0. The number of carbonyl (C=O) groups excluding carboxylic acids is 2. The van der Waals surface area contributed by atoms with Crippen molar-refractivity contribution in [2.24, 2.45) is 0 Å². The van der Waals surface area contributed by atoms with Crippen molar-refractivity contribution >= 4 is 28.3 Å². The Bertz CT molecular complexity index is 1200. The average Bonchev–Trinajstić information content (AvgIpc) is 2.73. The van der Waals surface area contributed by atoms with Gasteiger partial charge in [0.15, 0.2) is 11.8 Å². The van der Waals surface area contributed by atoms with Crippen LogP contribution >= 0.6 is 0 Å². The van der Waals surface area contributed by atoms with E-state index in [0.29, 0.717) is 0 Å². The van der Waals surface area contributed by atoms with Gasteiger partial charge >= 0.3 is 12.1 Å².